The molecule has 6 nitrogen and oxygen atoms in total. The predicted molar refractivity (Wildman–Crippen MR) is 82.3 cm³/mol. The first-order valence-corrected chi connectivity index (χ1v) is 8.00. The van der Waals surface area contributed by atoms with Crippen molar-refractivity contribution in [1.29, 1.82) is 0 Å². The Labute approximate surface area is 130 Å². The van der Waals surface area contributed by atoms with Crippen molar-refractivity contribution in [3.05, 3.63) is 28.9 Å². The molecule has 1 aliphatic rings. The lowest BCUT2D eigenvalue weighted by molar-refractivity contribution is 0.174. The molecule has 0 atom stereocenters. The van der Waals surface area contributed by atoms with Gasteiger partial charge in [0, 0.05) is 12.0 Å². The molecule has 0 aliphatic carbocycles. The van der Waals surface area contributed by atoms with E-state index in [1.165, 1.54) is 0 Å². The number of hydrogen-bond donors (Lipinski definition) is 1. The van der Waals surface area contributed by atoms with E-state index in [1.54, 1.807) is 15.9 Å². The molecule has 0 amide bonds. The van der Waals surface area contributed by atoms with E-state index in [0.29, 0.717) is 11.4 Å². The maximum atomic E-state index is 9.75. The summed E-state index contributed by atoms with van der Waals surface area (Å²) in [7, 11) is 0. The number of nitrogens with zero attached hydrogens (tertiary/aromatic N) is 3. The molecule has 0 unspecified atom stereocenters. The molecule has 0 saturated carbocycles. The number of imidazole rings is 1. The molecule has 0 saturated heterocycles. The first-order chi connectivity index (χ1) is 10.8. The zero-order valence-electron chi connectivity index (χ0n) is 12.1. The normalized spacial score (nSPS) is 13.2. The second-order valence-corrected chi connectivity index (χ2v) is 6.11. The summed E-state index contributed by atoms with van der Waals surface area (Å²) in [4.78, 5) is 5.45. The van der Waals surface area contributed by atoms with Crippen LogP contribution in [0.15, 0.2) is 18.2 Å². The summed E-state index contributed by atoms with van der Waals surface area (Å²) in [5.41, 5.74) is 2.33. The van der Waals surface area contributed by atoms with Crippen LogP contribution >= 0.6 is 11.3 Å². The Morgan fingerprint density at radius 2 is 2.18 bits per heavy atom. The van der Waals surface area contributed by atoms with Crippen LogP contribution in [0.3, 0.4) is 0 Å². The topological polar surface area (TPSA) is 68.9 Å². The first kappa shape index (κ1) is 13.5. The molecular formula is C15H15N3O3S. The Bertz CT molecular complexity index is 840. The fraction of sp³-hybridized carbons (Fsp3) is 0.333. The molecule has 3 heterocycles. The van der Waals surface area contributed by atoms with Gasteiger partial charge in [0.15, 0.2) is 11.5 Å². The molecular weight excluding hydrogens is 302 g/mol. The molecule has 1 aliphatic heterocycles. The van der Waals surface area contributed by atoms with Crippen molar-refractivity contribution in [3.8, 4) is 22.8 Å². The fourth-order valence-corrected chi connectivity index (χ4v) is 3.58. The van der Waals surface area contributed by atoms with Crippen LogP contribution in [-0.2, 0) is 13.0 Å². The highest BCUT2D eigenvalue weighted by atomic mass is 32.1. The van der Waals surface area contributed by atoms with Crippen LogP contribution in [0.2, 0.25) is 0 Å². The summed E-state index contributed by atoms with van der Waals surface area (Å²) in [6, 6.07) is 5.68. The Morgan fingerprint density at radius 1 is 1.32 bits per heavy atom. The summed E-state index contributed by atoms with van der Waals surface area (Å²) in [6.45, 7) is 2.25. The SMILES string of the molecule is CCCc1nn2c(CO)c(-c3ccc4c(c3)OCO4)nc2s1. The predicted octanol–water partition coefficient (Wildman–Crippen LogP) is 2.63. The Hall–Kier alpha value is -2.12. The second-order valence-electron chi connectivity index (χ2n) is 5.07. The quantitative estimate of drug-likeness (QED) is 0.801. The standard InChI is InChI=1S/C15H15N3O3S/c1-2-3-13-17-18-10(7-19)14(16-15(18)22-13)9-4-5-11-12(6-9)21-8-20-11/h4-6,19H,2-3,7-8H2,1H3. The van der Waals surface area contributed by atoms with Gasteiger partial charge in [0.2, 0.25) is 11.8 Å². The molecule has 114 valence electrons. The molecule has 0 spiro atoms. The van der Waals surface area contributed by atoms with E-state index in [0.717, 1.165) is 39.8 Å². The maximum Gasteiger partial charge on any atom is 0.231 e. The van der Waals surface area contributed by atoms with Gasteiger partial charge in [-0.1, -0.05) is 18.3 Å². The van der Waals surface area contributed by atoms with Crippen LogP contribution in [-0.4, -0.2) is 26.5 Å². The molecule has 7 heteroatoms. The molecule has 0 radical (unpaired) electrons. The van der Waals surface area contributed by atoms with E-state index in [9.17, 15) is 5.11 Å². The molecule has 3 aromatic rings. The van der Waals surface area contributed by atoms with Gasteiger partial charge in [0.1, 0.15) is 5.01 Å². The third-order valence-electron chi connectivity index (χ3n) is 3.60. The summed E-state index contributed by atoms with van der Waals surface area (Å²) in [5, 5.41) is 15.3. The lowest BCUT2D eigenvalue weighted by Gasteiger charge is -2.02. The monoisotopic (exact) mass is 317 g/mol. The molecule has 4 rings (SSSR count). The summed E-state index contributed by atoms with van der Waals surface area (Å²) in [6.07, 6.45) is 1.97. The second kappa shape index (κ2) is 5.26. The number of aromatic nitrogens is 3. The molecule has 0 bridgehead atoms. The van der Waals surface area contributed by atoms with Crippen molar-refractivity contribution >= 4 is 16.3 Å². The van der Waals surface area contributed by atoms with Crippen molar-refractivity contribution in [2.45, 2.75) is 26.4 Å². The van der Waals surface area contributed by atoms with Gasteiger partial charge >= 0.3 is 0 Å². The minimum absolute atomic E-state index is 0.111. The van der Waals surface area contributed by atoms with Gasteiger partial charge in [-0.25, -0.2) is 9.50 Å². The number of fused-ring (bicyclic) bond motifs is 2. The van der Waals surface area contributed by atoms with Gasteiger partial charge in [0.05, 0.1) is 18.0 Å². The summed E-state index contributed by atoms with van der Waals surface area (Å²) >= 11 is 1.57. The Balaban J connectivity index is 1.82. The highest BCUT2D eigenvalue weighted by Gasteiger charge is 2.20. The highest BCUT2D eigenvalue weighted by molar-refractivity contribution is 7.16. The van der Waals surface area contributed by atoms with Crippen LogP contribution in [0, 0.1) is 0 Å². The highest BCUT2D eigenvalue weighted by Crippen LogP contribution is 2.37. The van der Waals surface area contributed by atoms with E-state index in [4.69, 9.17) is 9.47 Å². The van der Waals surface area contributed by atoms with E-state index < -0.39 is 0 Å². The van der Waals surface area contributed by atoms with Crippen LogP contribution in [0.5, 0.6) is 11.5 Å². The number of rotatable bonds is 4. The van der Waals surface area contributed by atoms with Crippen LogP contribution in [0.1, 0.15) is 24.0 Å². The number of ether oxygens (including phenoxy) is 2. The van der Waals surface area contributed by atoms with Crippen molar-refractivity contribution < 1.29 is 14.6 Å². The number of aliphatic hydroxyl groups is 1. The van der Waals surface area contributed by atoms with Crippen LogP contribution < -0.4 is 9.47 Å². The lowest BCUT2D eigenvalue weighted by Crippen LogP contribution is -1.96. The van der Waals surface area contributed by atoms with E-state index in [2.05, 4.69) is 17.0 Å². The smallest absolute Gasteiger partial charge is 0.231 e. The Kier molecular flexibility index (Phi) is 3.24. The van der Waals surface area contributed by atoms with E-state index in [-0.39, 0.29) is 13.4 Å². The van der Waals surface area contributed by atoms with Crippen molar-refractivity contribution in [3.63, 3.8) is 0 Å². The van der Waals surface area contributed by atoms with Gasteiger partial charge in [0.25, 0.3) is 0 Å². The minimum Gasteiger partial charge on any atom is -0.454 e. The van der Waals surface area contributed by atoms with E-state index >= 15 is 0 Å². The van der Waals surface area contributed by atoms with Crippen molar-refractivity contribution in [2.24, 2.45) is 0 Å². The van der Waals surface area contributed by atoms with Gasteiger partial charge < -0.3 is 14.6 Å². The van der Waals surface area contributed by atoms with Gasteiger partial charge in [-0.2, -0.15) is 5.10 Å². The largest absolute Gasteiger partial charge is 0.454 e. The zero-order chi connectivity index (χ0) is 15.1. The maximum absolute atomic E-state index is 9.75. The number of hydrogen-bond acceptors (Lipinski definition) is 6. The Morgan fingerprint density at radius 3 is 3.00 bits per heavy atom. The van der Waals surface area contributed by atoms with Crippen LogP contribution in [0.4, 0.5) is 0 Å². The van der Waals surface area contributed by atoms with E-state index in [1.807, 2.05) is 18.2 Å². The summed E-state index contributed by atoms with van der Waals surface area (Å²) < 4.78 is 12.5. The third kappa shape index (κ3) is 2.05. The molecule has 22 heavy (non-hydrogen) atoms. The van der Waals surface area contributed by atoms with Gasteiger partial charge in [-0.15, -0.1) is 0 Å². The average Bonchev–Trinajstić information content (AvgIpc) is 3.19. The third-order valence-corrected chi connectivity index (χ3v) is 4.57. The molecule has 0 fully saturated rings. The average molecular weight is 317 g/mol. The van der Waals surface area contributed by atoms with Crippen molar-refractivity contribution in [2.75, 3.05) is 6.79 Å². The first-order valence-electron chi connectivity index (χ1n) is 7.18. The minimum atomic E-state index is -0.111. The van der Waals surface area contributed by atoms with Gasteiger partial charge in [-0.05, 0) is 24.6 Å². The van der Waals surface area contributed by atoms with Gasteiger partial charge in [-0.3, -0.25) is 0 Å². The molecule has 2 aromatic heterocycles. The molecule has 1 N–H and O–H groups in total. The fourth-order valence-electron chi connectivity index (χ4n) is 2.56. The van der Waals surface area contributed by atoms with Crippen LogP contribution in [0.25, 0.3) is 16.2 Å². The zero-order valence-corrected chi connectivity index (χ0v) is 12.9. The number of benzene rings is 1. The number of aryl methyl sites for hydroxylation is 1. The summed E-state index contributed by atoms with van der Waals surface area (Å²) in [5.74, 6) is 1.44. The number of aliphatic hydroxyl groups excluding tert-OH is 1. The molecule has 1 aromatic carbocycles. The lowest BCUT2D eigenvalue weighted by atomic mass is 10.1. The van der Waals surface area contributed by atoms with Crippen molar-refractivity contribution in [1.82, 2.24) is 14.6 Å².